The fraction of sp³-hybridized carbons (Fsp3) is 0.0833. The highest BCUT2D eigenvalue weighted by atomic mass is 35.5. The molecule has 0 saturated carbocycles. The van der Waals surface area contributed by atoms with E-state index in [1.54, 1.807) is 0 Å². The molecule has 0 fully saturated rings. The molecule has 0 unspecified atom stereocenters. The van der Waals surface area contributed by atoms with Crippen LogP contribution in [-0.2, 0) is 6.18 Å². The first kappa shape index (κ1) is 13.6. The topological polar surface area (TPSA) is 63.7 Å². The lowest BCUT2D eigenvalue weighted by Crippen LogP contribution is -2.07. The molecule has 3 rings (SSSR count). The summed E-state index contributed by atoms with van der Waals surface area (Å²) in [7, 11) is 0. The first-order valence-electron chi connectivity index (χ1n) is 5.66. The molecule has 5 nitrogen and oxygen atoms in total. The van der Waals surface area contributed by atoms with Gasteiger partial charge in [0.25, 0.3) is 0 Å². The summed E-state index contributed by atoms with van der Waals surface area (Å²) in [5.41, 5.74) is -0.633. The van der Waals surface area contributed by atoms with E-state index in [9.17, 15) is 13.2 Å². The molecule has 21 heavy (non-hydrogen) atoms. The predicted octanol–water partition coefficient (Wildman–Crippen LogP) is 3.82. The van der Waals surface area contributed by atoms with Gasteiger partial charge in [0.05, 0.1) is 11.8 Å². The van der Waals surface area contributed by atoms with Gasteiger partial charge in [-0.3, -0.25) is 5.10 Å². The fourth-order valence-electron chi connectivity index (χ4n) is 1.75. The molecule has 0 aliphatic heterocycles. The fourth-order valence-corrected chi connectivity index (χ4v) is 1.92. The first-order chi connectivity index (χ1) is 9.95. The number of para-hydroxylation sites is 1. The van der Waals surface area contributed by atoms with Crippen molar-refractivity contribution < 1.29 is 17.9 Å². The van der Waals surface area contributed by atoms with Gasteiger partial charge in [-0.2, -0.15) is 28.2 Å². The molecule has 108 valence electrons. The highest BCUT2D eigenvalue weighted by Gasteiger charge is 2.34. The van der Waals surface area contributed by atoms with E-state index in [1.165, 1.54) is 24.4 Å². The summed E-state index contributed by atoms with van der Waals surface area (Å²) in [5, 5.41) is 6.44. The van der Waals surface area contributed by atoms with Crippen LogP contribution in [0, 0.1) is 0 Å². The molecule has 1 aromatic carbocycles. The molecule has 9 heteroatoms. The van der Waals surface area contributed by atoms with E-state index < -0.39 is 11.7 Å². The van der Waals surface area contributed by atoms with Gasteiger partial charge < -0.3 is 4.74 Å². The first-order valence-corrected chi connectivity index (χ1v) is 6.03. The number of hydrogen-bond acceptors (Lipinski definition) is 4. The minimum Gasteiger partial charge on any atom is -0.437 e. The van der Waals surface area contributed by atoms with Crippen LogP contribution in [0.3, 0.4) is 0 Å². The zero-order chi connectivity index (χ0) is 15.0. The average Bonchev–Trinajstić information content (AvgIpc) is 2.86. The number of halogens is 4. The van der Waals surface area contributed by atoms with E-state index in [-0.39, 0.29) is 22.6 Å². The van der Waals surface area contributed by atoms with Gasteiger partial charge in [-0.05, 0) is 23.7 Å². The molecule has 0 saturated heterocycles. The minimum atomic E-state index is -4.54. The van der Waals surface area contributed by atoms with E-state index in [1.807, 2.05) is 0 Å². The Labute approximate surface area is 120 Å². The second-order valence-corrected chi connectivity index (χ2v) is 4.36. The van der Waals surface area contributed by atoms with Crippen molar-refractivity contribution in [3.05, 3.63) is 41.3 Å². The smallest absolute Gasteiger partial charge is 0.419 e. The molecule has 1 N–H and O–H groups in total. The van der Waals surface area contributed by atoms with Crippen LogP contribution in [0.4, 0.5) is 13.2 Å². The van der Waals surface area contributed by atoms with Crippen LogP contribution in [0.1, 0.15) is 5.56 Å². The van der Waals surface area contributed by atoms with E-state index in [4.69, 9.17) is 16.3 Å². The Balaban J connectivity index is 2.09. The van der Waals surface area contributed by atoms with Crippen molar-refractivity contribution in [2.45, 2.75) is 6.18 Å². The summed E-state index contributed by atoms with van der Waals surface area (Å²) in [4.78, 5) is 7.64. The van der Waals surface area contributed by atoms with Crippen molar-refractivity contribution >= 4 is 22.6 Å². The standard InChI is InChI=1S/C12H6ClF3N4O/c13-11-18-9-6(5-17-20-9)10(19-11)21-8-4-2-1-3-7(8)12(14,15)16/h1-5H,(H,17,18,19,20). The normalized spacial score (nSPS) is 11.8. The second kappa shape index (κ2) is 4.88. The number of rotatable bonds is 2. The molecule has 3 aromatic rings. The zero-order valence-electron chi connectivity index (χ0n) is 10.1. The average molecular weight is 315 g/mol. The Morgan fingerprint density at radius 2 is 1.90 bits per heavy atom. The van der Waals surface area contributed by atoms with Gasteiger partial charge in [-0.15, -0.1) is 0 Å². The third-order valence-electron chi connectivity index (χ3n) is 2.65. The van der Waals surface area contributed by atoms with Crippen molar-refractivity contribution in [1.82, 2.24) is 20.2 Å². The highest BCUT2D eigenvalue weighted by Crippen LogP contribution is 2.38. The van der Waals surface area contributed by atoms with Gasteiger partial charge in [0.15, 0.2) is 5.65 Å². The summed E-state index contributed by atoms with van der Waals surface area (Å²) in [6.07, 6.45) is -3.19. The van der Waals surface area contributed by atoms with Crippen LogP contribution in [0.25, 0.3) is 11.0 Å². The predicted molar refractivity (Wildman–Crippen MR) is 68.2 cm³/mol. The van der Waals surface area contributed by atoms with Gasteiger partial charge in [-0.25, -0.2) is 0 Å². The van der Waals surface area contributed by atoms with Crippen LogP contribution < -0.4 is 4.74 Å². The Bertz CT molecular complexity index is 803. The van der Waals surface area contributed by atoms with Gasteiger partial charge in [0, 0.05) is 0 Å². The maximum atomic E-state index is 12.9. The van der Waals surface area contributed by atoms with Gasteiger partial charge in [-0.1, -0.05) is 12.1 Å². The summed E-state index contributed by atoms with van der Waals surface area (Å²) < 4.78 is 44.1. The van der Waals surface area contributed by atoms with Gasteiger partial charge >= 0.3 is 6.18 Å². The van der Waals surface area contributed by atoms with Crippen LogP contribution >= 0.6 is 11.6 Å². The monoisotopic (exact) mass is 314 g/mol. The molecular weight excluding hydrogens is 309 g/mol. The molecule has 2 heterocycles. The summed E-state index contributed by atoms with van der Waals surface area (Å²) in [6.45, 7) is 0. The van der Waals surface area contributed by atoms with Gasteiger partial charge in [0.1, 0.15) is 11.1 Å². The van der Waals surface area contributed by atoms with Crippen molar-refractivity contribution in [2.24, 2.45) is 0 Å². The quantitative estimate of drug-likeness (QED) is 0.730. The number of benzene rings is 1. The lowest BCUT2D eigenvalue weighted by atomic mass is 10.2. The Morgan fingerprint density at radius 1 is 1.14 bits per heavy atom. The largest absolute Gasteiger partial charge is 0.437 e. The number of nitrogens with zero attached hydrogens (tertiary/aromatic N) is 3. The molecule has 0 amide bonds. The van der Waals surface area contributed by atoms with Crippen LogP contribution in [0.5, 0.6) is 11.6 Å². The van der Waals surface area contributed by atoms with Crippen molar-refractivity contribution in [3.8, 4) is 11.6 Å². The Kier molecular flexibility index (Phi) is 3.17. The summed E-state index contributed by atoms with van der Waals surface area (Å²) >= 11 is 5.70. The van der Waals surface area contributed by atoms with E-state index in [0.717, 1.165) is 6.07 Å². The maximum absolute atomic E-state index is 12.9. The molecule has 0 radical (unpaired) electrons. The molecule has 0 aliphatic carbocycles. The van der Waals surface area contributed by atoms with E-state index in [0.29, 0.717) is 5.39 Å². The molecule has 0 atom stereocenters. The van der Waals surface area contributed by atoms with Crippen LogP contribution in [0.15, 0.2) is 30.5 Å². The number of aromatic amines is 1. The van der Waals surface area contributed by atoms with Crippen molar-refractivity contribution in [2.75, 3.05) is 0 Å². The number of nitrogens with one attached hydrogen (secondary N) is 1. The van der Waals surface area contributed by atoms with Crippen molar-refractivity contribution in [1.29, 1.82) is 0 Å². The number of H-pyrrole nitrogens is 1. The number of aromatic nitrogens is 4. The van der Waals surface area contributed by atoms with Crippen LogP contribution in [0.2, 0.25) is 5.28 Å². The Hall–Kier alpha value is -2.35. The van der Waals surface area contributed by atoms with E-state index >= 15 is 0 Å². The molecule has 2 aromatic heterocycles. The number of alkyl halides is 3. The molecule has 0 spiro atoms. The molecule has 0 aliphatic rings. The number of fused-ring (bicyclic) bond motifs is 1. The molecular formula is C12H6ClF3N4O. The second-order valence-electron chi connectivity index (χ2n) is 4.03. The lowest BCUT2D eigenvalue weighted by molar-refractivity contribution is -0.138. The third-order valence-corrected chi connectivity index (χ3v) is 2.82. The number of ether oxygens (including phenoxy) is 1. The van der Waals surface area contributed by atoms with E-state index in [2.05, 4.69) is 20.2 Å². The zero-order valence-corrected chi connectivity index (χ0v) is 10.9. The van der Waals surface area contributed by atoms with Crippen molar-refractivity contribution in [3.63, 3.8) is 0 Å². The Morgan fingerprint density at radius 3 is 2.67 bits per heavy atom. The van der Waals surface area contributed by atoms with Crippen LogP contribution in [-0.4, -0.2) is 20.2 Å². The SMILES string of the molecule is FC(F)(F)c1ccccc1Oc1nc(Cl)nc2[nH]ncc12. The molecule has 0 bridgehead atoms. The number of hydrogen-bond donors (Lipinski definition) is 1. The summed E-state index contributed by atoms with van der Waals surface area (Å²) in [6, 6.07) is 4.82. The van der Waals surface area contributed by atoms with Gasteiger partial charge in [0.2, 0.25) is 11.2 Å². The lowest BCUT2D eigenvalue weighted by Gasteiger charge is -2.13. The maximum Gasteiger partial charge on any atom is 0.419 e. The summed E-state index contributed by atoms with van der Waals surface area (Å²) in [5.74, 6) is -0.474. The minimum absolute atomic E-state index is 0.101. The third kappa shape index (κ3) is 2.62. The highest BCUT2D eigenvalue weighted by molar-refractivity contribution is 6.28.